The standard InChI is InChI=1S/C15H23BN2O2/c1-6-17-13-11-12(8-10-18-13)7-9-16-19-14(2,3)15(4,5)20-16/h7-11H,6H2,1-5H3,(H,17,18)/b9-7+. The number of aromatic nitrogens is 1. The van der Waals surface area contributed by atoms with E-state index in [0.717, 1.165) is 17.9 Å². The van der Waals surface area contributed by atoms with Crippen molar-refractivity contribution in [2.24, 2.45) is 0 Å². The Bertz CT molecular complexity index is 484. The molecule has 1 aromatic rings. The summed E-state index contributed by atoms with van der Waals surface area (Å²) in [4.78, 5) is 4.25. The first-order valence-corrected chi connectivity index (χ1v) is 7.08. The Hall–Kier alpha value is -1.33. The van der Waals surface area contributed by atoms with Crippen molar-refractivity contribution in [3.05, 3.63) is 29.9 Å². The van der Waals surface area contributed by atoms with Gasteiger partial charge in [0.05, 0.1) is 11.2 Å². The van der Waals surface area contributed by atoms with Crippen LogP contribution < -0.4 is 5.32 Å². The molecule has 1 aliphatic heterocycles. The third kappa shape index (κ3) is 3.22. The maximum atomic E-state index is 5.92. The van der Waals surface area contributed by atoms with Crippen LogP contribution >= 0.6 is 0 Å². The Morgan fingerprint density at radius 1 is 1.25 bits per heavy atom. The molecule has 0 amide bonds. The molecule has 1 aromatic heterocycles. The largest absolute Gasteiger partial charge is 0.487 e. The first-order chi connectivity index (χ1) is 9.34. The van der Waals surface area contributed by atoms with E-state index in [4.69, 9.17) is 9.31 Å². The number of nitrogens with zero attached hydrogens (tertiary/aromatic N) is 1. The summed E-state index contributed by atoms with van der Waals surface area (Å²) in [5.41, 5.74) is 0.482. The molecule has 0 unspecified atom stereocenters. The molecule has 2 heterocycles. The topological polar surface area (TPSA) is 43.4 Å². The summed E-state index contributed by atoms with van der Waals surface area (Å²) in [6.45, 7) is 11.1. The number of anilines is 1. The summed E-state index contributed by atoms with van der Waals surface area (Å²) < 4.78 is 11.8. The highest BCUT2D eigenvalue weighted by Gasteiger charge is 2.49. The second-order valence-corrected chi connectivity index (χ2v) is 5.99. The quantitative estimate of drug-likeness (QED) is 0.856. The van der Waals surface area contributed by atoms with Gasteiger partial charge in [-0.15, -0.1) is 0 Å². The van der Waals surface area contributed by atoms with Gasteiger partial charge in [0.15, 0.2) is 0 Å². The minimum absolute atomic E-state index is 0.296. The summed E-state index contributed by atoms with van der Waals surface area (Å²) in [5.74, 6) is 2.82. The molecule has 1 saturated heterocycles. The molecule has 1 N–H and O–H groups in total. The molecule has 20 heavy (non-hydrogen) atoms. The van der Waals surface area contributed by atoms with Crippen molar-refractivity contribution in [3.8, 4) is 0 Å². The molecule has 4 nitrogen and oxygen atoms in total. The van der Waals surface area contributed by atoms with Crippen LogP contribution in [-0.4, -0.2) is 29.8 Å². The number of hydrogen-bond donors (Lipinski definition) is 1. The second kappa shape index (κ2) is 5.58. The first-order valence-electron chi connectivity index (χ1n) is 7.08. The molecule has 0 atom stereocenters. The third-order valence-corrected chi connectivity index (χ3v) is 3.86. The van der Waals surface area contributed by atoms with E-state index in [2.05, 4.69) is 44.9 Å². The zero-order chi connectivity index (χ0) is 14.8. The summed E-state index contributed by atoms with van der Waals surface area (Å²) in [6.07, 6.45) is 3.80. The van der Waals surface area contributed by atoms with Crippen LogP contribution in [-0.2, 0) is 9.31 Å². The molecule has 0 spiro atoms. The van der Waals surface area contributed by atoms with Gasteiger partial charge in [0.25, 0.3) is 0 Å². The molecule has 0 bridgehead atoms. The van der Waals surface area contributed by atoms with E-state index in [1.165, 1.54) is 0 Å². The molecule has 108 valence electrons. The fraction of sp³-hybridized carbons (Fsp3) is 0.533. The van der Waals surface area contributed by atoms with Crippen molar-refractivity contribution in [3.63, 3.8) is 0 Å². The monoisotopic (exact) mass is 274 g/mol. The van der Waals surface area contributed by atoms with Crippen molar-refractivity contribution in [1.82, 2.24) is 4.98 Å². The van der Waals surface area contributed by atoms with Crippen LogP contribution in [0.2, 0.25) is 0 Å². The van der Waals surface area contributed by atoms with Crippen LogP contribution in [0.1, 0.15) is 40.2 Å². The highest BCUT2D eigenvalue weighted by Crippen LogP contribution is 2.37. The minimum Gasteiger partial charge on any atom is -0.400 e. The summed E-state index contributed by atoms with van der Waals surface area (Å²) in [6, 6.07) is 3.97. The molecule has 0 saturated carbocycles. The summed E-state index contributed by atoms with van der Waals surface area (Å²) in [7, 11) is -0.309. The predicted molar refractivity (Wildman–Crippen MR) is 83.5 cm³/mol. The lowest BCUT2D eigenvalue weighted by atomic mass is 9.89. The highest BCUT2D eigenvalue weighted by atomic mass is 16.7. The van der Waals surface area contributed by atoms with Gasteiger partial charge in [0, 0.05) is 12.7 Å². The Morgan fingerprint density at radius 3 is 2.50 bits per heavy atom. The van der Waals surface area contributed by atoms with Gasteiger partial charge in [-0.1, -0.05) is 12.1 Å². The fourth-order valence-electron chi connectivity index (χ4n) is 1.99. The number of hydrogen-bond acceptors (Lipinski definition) is 4. The molecule has 0 radical (unpaired) electrons. The average Bonchev–Trinajstić information content (AvgIpc) is 2.56. The van der Waals surface area contributed by atoms with Crippen LogP contribution in [0, 0.1) is 0 Å². The predicted octanol–water partition coefficient (Wildman–Crippen LogP) is 3.16. The van der Waals surface area contributed by atoms with E-state index in [0.29, 0.717) is 0 Å². The van der Waals surface area contributed by atoms with Crippen LogP contribution in [0.5, 0.6) is 0 Å². The minimum atomic E-state index is -0.309. The molecular weight excluding hydrogens is 251 g/mol. The Labute approximate surface area is 121 Å². The van der Waals surface area contributed by atoms with Crippen molar-refractivity contribution < 1.29 is 9.31 Å². The maximum Gasteiger partial charge on any atom is 0.487 e. The Morgan fingerprint density at radius 2 is 1.90 bits per heavy atom. The molecular formula is C15H23BN2O2. The first kappa shape index (κ1) is 15.1. The molecule has 0 aliphatic carbocycles. The van der Waals surface area contributed by atoms with E-state index < -0.39 is 0 Å². The van der Waals surface area contributed by atoms with E-state index in [1.807, 2.05) is 24.2 Å². The van der Waals surface area contributed by atoms with E-state index in [1.54, 1.807) is 6.20 Å². The van der Waals surface area contributed by atoms with Crippen LogP contribution in [0.3, 0.4) is 0 Å². The van der Waals surface area contributed by atoms with Crippen molar-refractivity contribution in [2.45, 2.75) is 45.8 Å². The van der Waals surface area contributed by atoms with E-state index in [9.17, 15) is 0 Å². The Kier molecular flexibility index (Phi) is 4.21. The lowest BCUT2D eigenvalue weighted by molar-refractivity contribution is 0.00578. The smallest absolute Gasteiger partial charge is 0.400 e. The normalized spacial score (nSPS) is 20.6. The van der Waals surface area contributed by atoms with Gasteiger partial charge in [-0.3, -0.25) is 0 Å². The summed E-state index contributed by atoms with van der Waals surface area (Å²) in [5, 5.41) is 3.19. The van der Waals surface area contributed by atoms with Gasteiger partial charge >= 0.3 is 7.12 Å². The van der Waals surface area contributed by atoms with Gasteiger partial charge in [-0.05, 0) is 52.3 Å². The highest BCUT2D eigenvalue weighted by molar-refractivity contribution is 6.52. The van der Waals surface area contributed by atoms with Gasteiger partial charge < -0.3 is 14.6 Å². The molecule has 2 rings (SSSR count). The zero-order valence-electron chi connectivity index (χ0n) is 12.9. The van der Waals surface area contributed by atoms with Crippen molar-refractivity contribution in [1.29, 1.82) is 0 Å². The fourth-order valence-corrected chi connectivity index (χ4v) is 1.99. The van der Waals surface area contributed by atoms with Gasteiger partial charge in [0.1, 0.15) is 5.82 Å². The van der Waals surface area contributed by atoms with Crippen molar-refractivity contribution in [2.75, 3.05) is 11.9 Å². The third-order valence-electron chi connectivity index (χ3n) is 3.86. The molecule has 1 fully saturated rings. The van der Waals surface area contributed by atoms with E-state index in [-0.39, 0.29) is 18.3 Å². The Balaban J connectivity index is 2.06. The second-order valence-electron chi connectivity index (χ2n) is 5.99. The van der Waals surface area contributed by atoms with Gasteiger partial charge in [0.2, 0.25) is 0 Å². The average molecular weight is 274 g/mol. The lowest BCUT2D eigenvalue weighted by Crippen LogP contribution is -2.41. The SMILES string of the molecule is CCNc1cc(/C=C/B2OC(C)(C)C(C)(C)O2)ccn1. The number of nitrogens with one attached hydrogen (secondary N) is 1. The number of pyridine rings is 1. The van der Waals surface area contributed by atoms with Gasteiger partial charge in [-0.2, -0.15) is 0 Å². The molecule has 1 aliphatic rings. The zero-order valence-corrected chi connectivity index (χ0v) is 12.9. The van der Waals surface area contributed by atoms with Crippen molar-refractivity contribution >= 4 is 19.0 Å². The van der Waals surface area contributed by atoms with Crippen LogP contribution in [0.4, 0.5) is 5.82 Å². The van der Waals surface area contributed by atoms with Crippen LogP contribution in [0.25, 0.3) is 6.08 Å². The van der Waals surface area contributed by atoms with Crippen LogP contribution in [0.15, 0.2) is 24.3 Å². The maximum absolute atomic E-state index is 5.92. The molecule has 5 heteroatoms. The van der Waals surface area contributed by atoms with Gasteiger partial charge in [-0.25, -0.2) is 4.98 Å². The lowest BCUT2D eigenvalue weighted by Gasteiger charge is -2.32. The number of rotatable bonds is 4. The van der Waals surface area contributed by atoms with E-state index >= 15 is 0 Å². The summed E-state index contributed by atoms with van der Waals surface area (Å²) >= 11 is 0. The molecule has 0 aromatic carbocycles.